The predicted octanol–water partition coefficient (Wildman–Crippen LogP) is 2.09. The summed E-state index contributed by atoms with van der Waals surface area (Å²) in [5.41, 5.74) is 0.327. The summed E-state index contributed by atoms with van der Waals surface area (Å²) in [5, 5.41) is 3.13. The first-order chi connectivity index (χ1) is 6.15. The number of hydrogen-bond donors (Lipinski definition) is 1. The minimum Gasteiger partial charge on any atom is -0.353 e. The van der Waals surface area contributed by atoms with Crippen molar-refractivity contribution in [3.05, 3.63) is 0 Å². The fraction of sp³-hybridized carbons (Fsp3) is 0.909. The van der Waals surface area contributed by atoms with Crippen LogP contribution < -0.4 is 5.32 Å². The Morgan fingerprint density at radius 2 is 2.23 bits per heavy atom. The molecule has 0 aromatic rings. The molecule has 2 aliphatic rings. The Morgan fingerprint density at radius 3 is 2.62 bits per heavy atom. The molecule has 2 fully saturated rings. The van der Waals surface area contributed by atoms with E-state index in [0.717, 1.165) is 12.8 Å². The van der Waals surface area contributed by atoms with E-state index in [1.165, 1.54) is 19.3 Å². The van der Waals surface area contributed by atoms with E-state index in [1.54, 1.807) is 0 Å². The van der Waals surface area contributed by atoms with Gasteiger partial charge in [-0.2, -0.15) is 0 Å². The molecule has 1 N–H and O–H groups in total. The molecule has 0 aromatic carbocycles. The largest absolute Gasteiger partial charge is 0.353 e. The zero-order valence-electron chi connectivity index (χ0n) is 8.60. The van der Waals surface area contributed by atoms with Crippen LogP contribution in [0.25, 0.3) is 0 Å². The third-order valence-electron chi connectivity index (χ3n) is 3.93. The highest BCUT2D eigenvalue weighted by Crippen LogP contribution is 2.54. The van der Waals surface area contributed by atoms with Crippen LogP contribution >= 0.6 is 0 Å². The maximum absolute atomic E-state index is 11.7. The molecule has 0 aliphatic heterocycles. The first-order valence-corrected chi connectivity index (χ1v) is 5.46. The Bertz CT molecular complexity index is 222. The number of amides is 1. The molecule has 2 unspecified atom stereocenters. The van der Waals surface area contributed by atoms with Crippen LogP contribution in [0.4, 0.5) is 0 Å². The first-order valence-electron chi connectivity index (χ1n) is 5.46. The number of rotatable bonds is 3. The third kappa shape index (κ3) is 1.59. The summed E-state index contributed by atoms with van der Waals surface area (Å²) in [5.74, 6) is 0.632. The molecular weight excluding hydrogens is 162 g/mol. The zero-order chi connectivity index (χ0) is 9.47. The lowest BCUT2D eigenvalue weighted by Crippen LogP contribution is -2.40. The van der Waals surface area contributed by atoms with Gasteiger partial charge in [0.15, 0.2) is 0 Å². The van der Waals surface area contributed by atoms with E-state index < -0.39 is 0 Å². The van der Waals surface area contributed by atoms with E-state index in [0.29, 0.717) is 23.3 Å². The van der Waals surface area contributed by atoms with Gasteiger partial charge in [-0.1, -0.05) is 13.8 Å². The monoisotopic (exact) mass is 181 g/mol. The van der Waals surface area contributed by atoms with Crippen LogP contribution in [0.15, 0.2) is 0 Å². The van der Waals surface area contributed by atoms with Gasteiger partial charge in [0, 0.05) is 12.0 Å². The predicted molar refractivity (Wildman–Crippen MR) is 52.3 cm³/mol. The molecule has 1 amide bonds. The van der Waals surface area contributed by atoms with Gasteiger partial charge in [-0.05, 0) is 37.5 Å². The van der Waals surface area contributed by atoms with Crippen LogP contribution in [0, 0.1) is 11.3 Å². The minimum atomic E-state index is 0.314. The summed E-state index contributed by atoms with van der Waals surface area (Å²) in [6, 6.07) is 0.509. The minimum absolute atomic E-state index is 0.314. The van der Waals surface area contributed by atoms with Crippen molar-refractivity contribution in [2.45, 2.75) is 52.0 Å². The molecule has 0 radical (unpaired) electrons. The quantitative estimate of drug-likeness (QED) is 0.709. The summed E-state index contributed by atoms with van der Waals surface area (Å²) in [4.78, 5) is 11.7. The average molecular weight is 181 g/mol. The van der Waals surface area contributed by atoms with Gasteiger partial charge < -0.3 is 5.32 Å². The van der Waals surface area contributed by atoms with Crippen LogP contribution in [0.2, 0.25) is 0 Å². The molecule has 0 bridgehead atoms. The van der Waals surface area contributed by atoms with Crippen molar-refractivity contribution < 1.29 is 4.79 Å². The summed E-state index contributed by atoms with van der Waals surface area (Å²) in [6.45, 7) is 4.40. The van der Waals surface area contributed by atoms with Crippen molar-refractivity contribution in [1.29, 1.82) is 0 Å². The lowest BCUT2D eigenvalue weighted by molar-refractivity contribution is -0.124. The molecule has 2 aliphatic carbocycles. The van der Waals surface area contributed by atoms with Crippen molar-refractivity contribution in [2.75, 3.05) is 0 Å². The van der Waals surface area contributed by atoms with Crippen molar-refractivity contribution in [3.63, 3.8) is 0 Å². The number of hydrogen-bond acceptors (Lipinski definition) is 1. The standard InChI is InChI=1S/C11H19NO/c1-3-11(2)7-9(11)10(13)12-8-5-4-6-8/h8-9H,3-7H2,1-2H3,(H,12,13). The molecule has 2 nitrogen and oxygen atoms in total. The molecule has 2 atom stereocenters. The van der Waals surface area contributed by atoms with Crippen molar-refractivity contribution >= 4 is 5.91 Å². The number of carbonyl (C=O) groups is 1. The van der Waals surface area contributed by atoms with Gasteiger partial charge in [0.2, 0.25) is 5.91 Å². The lowest BCUT2D eigenvalue weighted by atomic mass is 9.92. The number of nitrogens with one attached hydrogen (secondary N) is 1. The third-order valence-corrected chi connectivity index (χ3v) is 3.93. The second-order valence-corrected chi connectivity index (χ2v) is 4.90. The van der Waals surface area contributed by atoms with Crippen LogP contribution in [0.1, 0.15) is 46.0 Å². The molecule has 0 aromatic heterocycles. The summed E-state index contributed by atoms with van der Waals surface area (Å²) in [6.07, 6.45) is 5.92. The molecule has 2 rings (SSSR count). The highest BCUT2D eigenvalue weighted by Gasteiger charge is 2.53. The molecule has 2 saturated carbocycles. The number of carbonyl (C=O) groups excluding carboxylic acids is 1. The average Bonchev–Trinajstić information content (AvgIpc) is 2.72. The molecule has 0 heterocycles. The Morgan fingerprint density at radius 1 is 1.54 bits per heavy atom. The molecule has 0 spiro atoms. The van der Waals surface area contributed by atoms with E-state index in [1.807, 2.05) is 0 Å². The smallest absolute Gasteiger partial charge is 0.223 e. The van der Waals surface area contributed by atoms with Gasteiger partial charge >= 0.3 is 0 Å². The molecule has 2 heteroatoms. The first kappa shape index (κ1) is 9.04. The van der Waals surface area contributed by atoms with Crippen molar-refractivity contribution in [2.24, 2.45) is 11.3 Å². The van der Waals surface area contributed by atoms with Gasteiger partial charge in [0.1, 0.15) is 0 Å². The SMILES string of the molecule is CCC1(C)CC1C(=O)NC1CCC1. The van der Waals surface area contributed by atoms with Gasteiger partial charge in [0.05, 0.1) is 0 Å². The Labute approximate surface area is 80.1 Å². The van der Waals surface area contributed by atoms with Crippen LogP contribution in [0.3, 0.4) is 0 Å². The highest BCUT2D eigenvalue weighted by atomic mass is 16.2. The Balaban J connectivity index is 1.79. The van der Waals surface area contributed by atoms with Crippen LogP contribution in [-0.4, -0.2) is 11.9 Å². The maximum atomic E-state index is 11.7. The topological polar surface area (TPSA) is 29.1 Å². The van der Waals surface area contributed by atoms with E-state index in [2.05, 4.69) is 19.2 Å². The lowest BCUT2D eigenvalue weighted by Gasteiger charge is -2.26. The second kappa shape index (κ2) is 3.00. The molecule has 13 heavy (non-hydrogen) atoms. The van der Waals surface area contributed by atoms with Gasteiger partial charge in [0.25, 0.3) is 0 Å². The summed E-state index contributed by atoms with van der Waals surface area (Å²) >= 11 is 0. The second-order valence-electron chi connectivity index (χ2n) is 4.90. The fourth-order valence-corrected chi connectivity index (χ4v) is 2.06. The summed E-state index contributed by atoms with van der Waals surface area (Å²) < 4.78 is 0. The Hall–Kier alpha value is -0.530. The zero-order valence-corrected chi connectivity index (χ0v) is 8.60. The van der Waals surface area contributed by atoms with Gasteiger partial charge in [-0.15, -0.1) is 0 Å². The van der Waals surface area contributed by atoms with Gasteiger partial charge in [-0.3, -0.25) is 4.79 Å². The van der Waals surface area contributed by atoms with Crippen molar-refractivity contribution in [3.8, 4) is 0 Å². The van der Waals surface area contributed by atoms with Crippen molar-refractivity contribution in [1.82, 2.24) is 5.32 Å². The van der Waals surface area contributed by atoms with Crippen LogP contribution in [0.5, 0.6) is 0 Å². The van der Waals surface area contributed by atoms with E-state index >= 15 is 0 Å². The maximum Gasteiger partial charge on any atom is 0.223 e. The normalized spacial score (nSPS) is 38.2. The van der Waals surface area contributed by atoms with Crippen LogP contribution in [-0.2, 0) is 4.79 Å². The van der Waals surface area contributed by atoms with E-state index in [4.69, 9.17) is 0 Å². The Kier molecular flexibility index (Phi) is 2.09. The highest BCUT2D eigenvalue weighted by molar-refractivity contribution is 5.82. The van der Waals surface area contributed by atoms with E-state index in [9.17, 15) is 4.79 Å². The fourth-order valence-electron chi connectivity index (χ4n) is 2.06. The van der Waals surface area contributed by atoms with Gasteiger partial charge in [-0.25, -0.2) is 0 Å². The molecular formula is C11H19NO. The summed E-state index contributed by atoms with van der Waals surface area (Å²) in [7, 11) is 0. The molecule has 0 saturated heterocycles. The van der Waals surface area contributed by atoms with E-state index in [-0.39, 0.29) is 0 Å². The molecule has 74 valence electrons.